The SMILES string of the molecule is CCC(C)NC(=O)C(C)N(Cc1ccccc1)C(=O)CN(c1ccc(OCc2ccccc2)cc1)S(C)(=O)=O. The second kappa shape index (κ2) is 13.8. The third kappa shape index (κ3) is 8.85. The predicted molar refractivity (Wildman–Crippen MR) is 154 cm³/mol. The first kappa shape index (κ1) is 29.7. The van der Waals surface area contributed by atoms with Crippen LogP contribution in [0.1, 0.15) is 38.3 Å². The van der Waals surface area contributed by atoms with E-state index in [4.69, 9.17) is 4.74 Å². The van der Waals surface area contributed by atoms with Crippen LogP contribution in [0.4, 0.5) is 5.69 Å². The van der Waals surface area contributed by atoms with Gasteiger partial charge in [-0.25, -0.2) is 8.42 Å². The van der Waals surface area contributed by atoms with E-state index < -0.39 is 28.5 Å². The highest BCUT2D eigenvalue weighted by Gasteiger charge is 2.30. The highest BCUT2D eigenvalue weighted by molar-refractivity contribution is 7.92. The molecule has 0 spiro atoms. The topological polar surface area (TPSA) is 96.0 Å². The molecule has 39 heavy (non-hydrogen) atoms. The number of benzene rings is 3. The summed E-state index contributed by atoms with van der Waals surface area (Å²) < 4.78 is 32.4. The summed E-state index contributed by atoms with van der Waals surface area (Å²) in [7, 11) is -3.81. The fraction of sp³-hybridized carbons (Fsp3) is 0.333. The molecule has 0 saturated carbocycles. The van der Waals surface area contributed by atoms with Gasteiger partial charge >= 0.3 is 0 Å². The lowest BCUT2D eigenvalue weighted by Gasteiger charge is -2.32. The Morgan fingerprint density at radius 1 is 0.872 bits per heavy atom. The van der Waals surface area contributed by atoms with Crippen LogP contribution in [0, 0.1) is 0 Å². The molecule has 3 aromatic carbocycles. The number of anilines is 1. The van der Waals surface area contributed by atoms with Crippen LogP contribution in [0.3, 0.4) is 0 Å². The van der Waals surface area contributed by atoms with Crippen molar-refractivity contribution in [2.24, 2.45) is 0 Å². The van der Waals surface area contributed by atoms with Crippen molar-refractivity contribution in [1.29, 1.82) is 0 Å². The summed E-state index contributed by atoms with van der Waals surface area (Å²) in [6.45, 7) is 5.61. The predicted octanol–water partition coefficient (Wildman–Crippen LogP) is 4.36. The van der Waals surface area contributed by atoms with Crippen LogP contribution in [0.5, 0.6) is 5.75 Å². The molecule has 0 aliphatic rings. The third-order valence-corrected chi connectivity index (χ3v) is 7.56. The maximum atomic E-state index is 13.6. The van der Waals surface area contributed by atoms with Crippen molar-refractivity contribution >= 4 is 27.5 Å². The number of carbonyl (C=O) groups is 2. The Balaban J connectivity index is 1.80. The number of carbonyl (C=O) groups excluding carboxylic acids is 2. The zero-order valence-corrected chi connectivity index (χ0v) is 23.7. The van der Waals surface area contributed by atoms with Gasteiger partial charge in [-0.05, 0) is 55.7 Å². The summed E-state index contributed by atoms with van der Waals surface area (Å²) >= 11 is 0. The van der Waals surface area contributed by atoms with Gasteiger partial charge in [0.05, 0.1) is 11.9 Å². The first-order valence-electron chi connectivity index (χ1n) is 13.0. The van der Waals surface area contributed by atoms with Crippen molar-refractivity contribution < 1.29 is 22.7 Å². The highest BCUT2D eigenvalue weighted by atomic mass is 32.2. The van der Waals surface area contributed by atoms with E-state index in [0.717, 1.165) is 28.1 Å². The largest absolute Gasteiger partial charge is 0.489 e. The monoisotopic (exact) mass is 551 g/mol. The van der Waals surface area contributed by atoms with Gasteiger partial charge in [0.1, 0.15) is 24.9 Å². The second-order valence-electron chi connectivity index (χ2n) is 9.54. The zero-order chi connectivity index (χ0) is 28.4. The minimum absolute atomic E-state index is 0.0521. The van der Waals surface area contributed by atoms with E-state index in [-0.39, 0.29) is 18.5 Å². The molecule has 0 radical (unpaired) electrons. The summed E-state index contributed by atoms with van der Waals surface area (Å²) in [5.41, 5.74) is 2.17. The zero-order valence-electron chi connectivity index (χ0n) is 22.9. The quantitative estimate of drug-likeness (QED) is 0.341. The molecular formula is C30H37N3O5S. The van der Waals surface area contributed by atoms with Crippen molar-refractivity contribution in [3.63, 3.8) is 0 Å². The van der Waals surface area contributed by atoms with Gasteiger partial charge in [0, 0.05) is 12.6 Å². The maximum absolute atomic E-state index is 13.6. The Labute approximate surface area is 231 Å². The lowest BCUT2D eigenvalue weighted by Crippen LogP contribution is -2.52. The fourth-order valence-corrected chi connectivity index (χ4v) is 4.74. The van der Waals surface area contributed by atoms with Gasteiger partial charge < -0.3 is 15.0 Å². The van der Waals surface area contributed by atoms with E-state index in [1.54, 1.807) is 31.2 Å². The van der Waals surface area contributed by atoms with Crippen molar-refractivity contribution in [2.75, 3.05) is 17.1 Å². The molecule has 0 heterocycles. The number of amides is 2. The van der Waals surface area contributed by atoms with E-state index in [9.17, 15) is 18.0 Å². The number of nitrogens with one attached hydrogen (secondary N) is 1. The molecule has 208 valence electrons. The van der Waals surface area contributed by atoms with Gasteiger partial charge in [0.15, 0.2) is 0 Å². The number of nitrogens with zero attached hydrogens (tertiary/aromatic N) is 2. The lowest BCUT2D eigenvalue weighted by atomic mass is 10.1. The molecule has 2 unspecified atom stereocenters. The Kier molecular flexibility index (Phi) is 10.5. The van der Waals surface area contributed by atoms with E-state index in [1.807, 2.05) is 74.5 Å². The smallest absolute Gasteiger partial charge is 0.244 e. The number of hydrogen-bond donors (Lipinski definition) is 1. The number of hydrogen-bond acceptors (Lipinski definition) is 5. The summed E-state index contributed by atoms with van der Waals surface area (Å²) in [5.74, 6) is -0.205. The van der Waals surface area contributed by atoms with Crippen LogP contribution in [0.15, 0.2) is 84.9 Å². The van der Waals surface area contributed by atoms with Crippen LogP contribution in [0.2, 0.25) is 0 Å². The first-order chi connectivity index (χ1) is 18.6. The van der Waals surface area contributed by atoms with Crippen molar-refractivity contribution in [3.8, 4) is 5.75 Å². The molecule has 8 nitrogen and oxygen atoms in total. The molecule has 1 N–H and O–H groups in total. The Morgan fingerprint density at radius 3 is 1.97 bits per heavy atom. The molecule has 9 heteroatoms. The number of ether oxygens (including phenoxy) is 1. The van der Waals surface area contributed by atoms with E-state index >= 15 is 0 Å². The number of rotatable bonds is 13. The standard InChI is InChI=1S/C30H37N3O5S/c1-5-23(2)31-30(35)24(3)32(20-25-12-8-6-9-13-25)29(34)21-33(39(4,36)37)27-16-18-28(19-17-27)38-22-26-14-10-7-11-15-26/h6-19,23-24H,5,20-22H2,1-4H3,(H,31,35). The molecule has 2 atom stereocenters. The highest BCUT2D eigenvalue weighted by Crippen LogP contribution is 2.23. The molecule has 0 aromatic heterocycles. The summed E-state index contributed by atoms with van der Waals surface area (Å²) in [6, 6.07) is 24.7. The van der Waals surface area contributed by atoms with Crippen LogP contribution in [-0.4, -0.2) is 50.0 Å². The molecule has 3 aromatic rings. The van der Waals surface area contributed by atoms with Gasteiger partial charge in [-0.2, -0.15) is 0 Å². The van der Waals surface area contributed by atoms with Crippen molar-refractivity contribution in [1.82, 2.24) is 10.2 Å². The van der Waals surface area contributed by atoms with E-state index in [0.29, 0.717) is 18.0 Å². The molecule has 0 aliphatic heterocycles. The fourth-order valence-electron chi connectivity index (χ4n) is 3.89. The van der Waals surface area contributed by atoms with Crippen LogP contribution in [0.25, 0.3) is 0 Å². The lowest BCUT2D eigenvalue weighted by molar-refractivity contribution is -0.139. The van der Waals surface area contributed by atoms with E-state index in [1.165, 1.54) is 4.90 Å². The van der Waals surface area contributed by atoms with Gasteiger partial charge in [-0.1, -0.05) is 67.6 Å². The maximum Gasteiger partial charge on any atom is 0.244 e. The van der Waals surface area contributed by atoms with Gasteiger partial charge in [0.2, 0.25) is 21.8 Å². The first-order valence-corrected chi connectivity index (χ1v) is 14.8. The molecule has 0 saturated heterocycles. The summed E-state index contributed by atoms with van der Waals surface area (Å²) in [6.07, 6.45) is 1.80. The second-order valence-corrected chi connectivity index (χ2v) is 11.4. The van der Waals surface area contributed by atoms with Gasteiger partial charge in [0.25, 0.3) is 0 Å². The molecule has 2 amide bonds. The van der Waals surface area contributed by atoms with Crippen molar-refractivity contribution in [3.05, 3.63) is 96.1 Å². The average molecular weight is 552 g/mol. The van der Waals surface area contributed by atoms with Crippen LogP contribution in [-0.2, 0) is 32.8 Å². The normalized spacial score (nSPS) is 12.7. The van der Waals surface area contributed by atoms with Gasteiger partial charge in [-0.3, -0.25) is 13.9 Å². The Morgan fingerprint density at radius 2 is 1.44 bits per heavy atom. The number of sulfonamides is 1. The Hall–Kier alpha value is -3.85. The van der Waals surface area contributed by atoms with Gasteiger partial charge in [-0.15, -0.1) is 0 Å². The third-order valence-electron chi connectivity index (χ3n) is 6.42. The average Bonchev–Trinajstić information content (AvgIpc) is 2.93. The summed E-state index contributed by atoms with van der Waals surface area (Å²) in [4.78, 5) is 28.0. The van der Waals surface area contributed by atoms with E-state index in [2.05, 4.69) is 5.32 Å². The van der Waals surface area contributed by atoms with Crippen LogP contribution < -0.4 is 14.4 Å². The minimum atomic E-state index is -3.81. The molecule has 0 bridgehead atoms. The molecular weight excluding hydrogens is 514 g/mol. The Bertz CT molecular complexity index is 1320. The van der Waals surface area contributed by atoms with Crippen molar-refractivity contribution in [2.45, 2.75) is 52.4 Å². The van der Waals surface area contributed by atoms with Crippen LogP contribution >= 0.6 is 0 Å². The summed E-state index contributed by atoms with van der Waals surface area (Å²) in [5, 5.41) is 2.92. The molecule has 0 fully saturated rings. The molecule has 3 rings (SSSR count). The minimum Gasteiger partial charge on any atom is -0.489 e. The molecule has 0 aliphatic carbocycles.